The number of likely N-dealkylation sites (N-methyl/N-ethyl adjacent to an activating group) is 1. The number of aliphatic hydroxyl groups excluding tert-OH is 3. The van der Waals surface area contributed by atoms with Crippen LogP contribution in [-0.4, -0.2) is 169 Å². The predicted octanol–water partition coefficient (Wildman–Crippen LogP) is 5.11. The van der Waals surface area contributed by atoms with Crippen LogP contribution in [0.5, 0.6) is 0 Å². The third kappa shape index (κ3) is 14.7. The molecule has 18 unspecified atom stereocenters. The molecule has 0 radical (unpaired) electrons. The third-order valence-electron chi connectivity index (χ3n) is 16.3. The SMILES string of the molecule is CCC1OC(=O)C(C)C(OC2CC(C)(OC)C(O)C(C)O2)C(C)C(OC2OC(C)CC(N(C)Cc3ccc(-c4cn(CCCCCCCC(=O)NO)nn4)cc3)C2O)C(C)(OC)CC(C)C(=O)C(C)C(O)C1(C)O. The molecule has 1 aromatic heterocycles. The van der Waals surface area contributed by atoms with E-state index in [1.165, 1.54) is 21.1 Å². The Balaban J connectivity index is 1.40. The molecule has 2 aromatic rings. The number of ether oxygens (including phenoxy) is 7. The molecular weight excluding hydrogens is 959 g/mol. The maximum atomic E-state index is 14.5. The van der Waals surface area contributed by atoms with E-state index < -0.39 is 108 Å². The summed E-state index contributed by atoms with van der Waals surface area (Å²) in [6, 6.07) is 7.61. The van der Waals surface area contributed by atoms with E-state index in [4.69, 9.17) is 38.4 Å². The second-order valence-electron chi connectivity index (χ2n) is 22.2. The van der Waals surface area contributed by atoms with Gasteiger partial charge in [-0.15, -0.1) is 5.10 Å². The number of aliphatic hydroxyl groups is 4. The Labute approximate surface area is 438 Å². The van der Waals surface area contributed by atoms with Crippen molar-refractivity contribution in [2.75, 3.05) is 21.3 Å². The summed E-state index contributed by atoms with van der Waals surface area (Å²) in [5.74, 6) is -5.11. The standard InChI is InChI=1S/C54H89N5O15/c1-14-41-54(10,66)47(63)33(4)44(61)31(2)27-53(9,69-13)49(34(5)46(35(6)50(65)72-41)73-43-28-52(8,68-12)48(64)36(7)71-43)74-51-45(62)40(26-32(3)70-51)58(11)29-37-21-23-38(24-22-37)39-30-59(57-55-39)25-19-17-15-16-18-20-42(60)56-67/h21-24,30-36,40-41,43,45-49,51,62-64,66-67H,14-20,25-29H2,1-13H3,(H,56,60). The van der Waals surface area contributed by atoms with Gasteiger partial charge in [-0.25, -0.2) is 5.48 Å². The monoisotopic (exact) mass is 1050 g/mol. The Kier molecular flexibility index (Phi) is 22.1. The minimum Gasteiger partial charge on any atom is -0.459 e. The van der Waals surface area contributed by atoms with Crippen molar-refractivity contribution in [1.29, 1.82) is 0 Å². The van der Waals surface area contributed by atoms with Gasteiger partial charge < -0.3 is 53.6 Å². The molecule has 0 bridgehead atoms. The number of amides is 1. The van der Waals surface area contributed by atoms with Gasteiger partial charge in [0, 0.05) is 69.5 Å². The number of nitrogens with one attached hydrogen (secondary N) is 1. The summed E-state index contributed by atoms with van der Waals surface area (Å²) in [5.41, 5.74) is -0.0853. The number of esters is 1. The van der Waals surface area contributed by atoms with Gasteiger partial charge in [-0.2, -0.15) is 0 Å². The summed E-state index contributed by atoms with van der Waals surface area (Å²) in [4.78, 5) is 42.1. The van der Waals surface area contributed by atoms with Crippen LogP contribution in [0.1, 0.15) is 139 Å². The lowest BCUT2D eigenvalue weighted by molar-refractivity contribution is -0.319. The second-order valence-corrected chi connectivity index (χ2v) is 22.2. The topological polar surface area (TPSA) is 263 Å². The van der Waals surface area contributed by atoms with Crippen molar-refractivity contribution in [3.8, 4) is 11.3 Å². The van der Waals surface area contributed by atoms with Crippen LogP contribution in [0, 0.1) is 23.7 Å². The summed E-state index contributed by atoms with van der Waals surface area (Å²) in [6.45, 7) is 18.2. The van der Waals surface area contributed by atoms with Crippen LogP contribution in [0.3, 0.4) is 0 Å². The van der Waals surface area contributed by atoms with E-state index >= 15 is 0 Å². The number of aryl methyl sites for hydroxylation is 1. The summed E-state index contributed by atoms with van der Waals surface area (Å²) in [7, 11) is 4.94. The van der Waals surface area contributed by atoms with Crippen molar-refractivity contribution in [2.24, 2.45) is 23.7 Å². The lowest BCUT2D eigenvalue weighted by Crippen LogP contribution is -2.61. The van der Waals surface area contributed by atoms with Crippen molar-refractivity contribution >= 4 is 17.7 Å². The average molecular weight is 1050 g/mol. The first-order chi connectivity index (χ1) is 34.8. The molecular formula is C54H89N5O15. The third-order valence-corrected chi connectivity index (χ3v) is 16.3. The molecule has 1 amide bonds. The van der Waals surface area contributed by atoms with Crippen LogP contribution >= 0.6 is 0 Å². The molecule has 420 valence electrons. The van der Waals surface area contributed by atoms with Crippen molar-refractivity contribution in [1.82, 2.24) is 25.4 Å². The molecule has 5 rings (SSSR count). The van der Waals surface area contributed by atoms with Crippen LogP contribution < -0.4 is 5.48 Å². The number of carbonyl (C=O) groups is 3. The fourth-order valence-electron chi connectivity index (χ4n) is 11.4. The second kappa shape index (κ2) is 26.7. The molecule has 20 nitrogen and oxygen atoms in total. The normalized spacial score (nSPS) is 37.9. The molecule has 0 saturated carbocycles. The van der Waals surface area contributed by atoms with E-state index in [0.29, 0.717) is 19.4 Å². The molecule has 3 aliphatic rings. The van der Waals surface area contributed by atoms with Gasteiger partial charge in [-0.05, 0) is 86.3 Å². The maximum absolute atomic E-state index is 14.5. The van der Waals surface area contributed by atoms with Crippen molar-refractivity contribution in [2.45, 2.75) is 231 Å². The molecule has 3 saturated heterocycles. The lowest BCUT2D eigenvalue weighted by Gasteiger charge is -2.50. The number of ketones is 1. The van der Waals surface area contributed by atoms with Crippen molar-refractivity contribution in [3.05, 3.63) is 36.0 Å². The number of Topliss-reactive ketones (excluding diaryl/α,β-unsaturated/α-hetero) is 1. The van der Waals surface area contributed by atoms with E-state index in [-0.39, 0.29) is 37.1 Å². The number of unbranched alkanes of at least 4 members (excludes halogenated alkanes) is 4. The summed E-state index contributed by atoms with van der Waals surface area (Å²) < 4.78 is 46.7. The van der Waals surface area contributed by atoms with Crippen LogP contribution in [0.25, 0.3) is 11.3 Å². The summed E-state index contributed by atoms with van der Waals surface area (Å²) in [6.07, 6.45) is -2.86. The Morgan fingerprint density at radius 2 is 1.53 bits per heavy atom. The molecule has 3 aliphatic heterocycles. The van der Waals surface area contributed by atoms with Crippen molar-refractivity contribution < 1.29 is 73.2 Å². The molecule has 3 fully saturated rings. The zero-order chi connectivity index (χ0) is 54.9. The minimum absolute atomic E-state index is 0.0642. The first kappa shape index (κ1) is 61.3. The number of carbonyl (C=O) groups excluding carboxylic acids is 3. The van der Waals surface area contributed by atoms with Gasteiger partial charge >= 0.3 is 5.97 Å². The van der Waals surface area contributed by atoms with E-state index in [1.54, 1.807) is 53.9 Å². The van der Waals surface area contributed by atoms with Gasteiger partial charge in [0.05, 0.1) is 53.8 Å². The van der Waals surface area contributed by atoms with Gasteiger partial charge in [0.2, 0.25) is 5.91 Å². The Bertz CT molecular complexity index is 2100. The molecule has 20 heteroatoms. The highest BCUT2D eigenvalue weighted by atomic mass is 16.7. The minimum atomic E-state index is -2.01. The number of hydrogen-bond donors (Lipinski definition) is 6. The molecule has 6 N–H and O–H groups in total. The average Bonchev–Trinajstić information content (AvgIpc) is 3.85. The molecule has 0 aliphatic carbocycles. The fourth-order valence-corrected chi connectivity index (χ4v) is 11.4. The number of hydrogen-bond acceptors (Lipinski definition) is 18. The smallest absolute Gasteiger partial charge is 0.311 e. The van der Waals surface area contributed by atoms with Gasteiger partial charge in [0.25, 0.3) is 0 Å². The molecule has 18 atom stereocenters. The largest absolute Gasteiger partial charge is 0.459 e. The number of hydroxylamine groups is 1. The number of cyclic esters (lactones) is 1. The summed E-state index contributed by atoms with van der Waals surface area (Å²) >= 11 is 0. The zero-order valence-electron chi connectivity index (χ0n) is 46.1. The first-order valence-corrected chi connectivity index (χ1v) is 26.7. The molecule has 0 spiro atoms. The fraction of sp³-hybridized carbons (Fsp3) is 0.796. The van der Waals surface area contributed by atoms with Gasteiger partial charge in [0.1, 0.15) is 35.4 Å². The van der Waals surface area contributed by atoms with Crippen LogP contribution in [0.2, 0.25) is 0 Å². The van der Waals surface area contributed by atoms with Crippen molar-refractivity contribution in [3.63, 3.8) is 0 Å². The van der Waals surface area contributed by atoms with Gasteiger partial charge in [0.15, 0.2) is 12.6 Å². The highest BCUT2D eigenvalue weighted by Crippen LogP contribution is 2.42. The quantitative estimate of drug-likeness (QED) is 0.0462. The summed E-state index contributed by atoms with van der Waals surface area (Å²) in [5, 5.41) is 64.3. The van der Waals surface area contributed by atoms with E-state index in [2.05, 4.69) is 15.2 Å². The van der Waals surface area contributed by atoms with E-state index in [9.17, 15) is 34.8 Å². The Hall–Kier alpha value is -3.51. The van der Waals surface area contributed by atoms with Gasteiger partial charge in [-0.3, -0.25) is 29.2 Å². The lowest BCUT2D eigenvalue weighted by atomic mass is 9.74. The Morgan fingerprint density at radius 3 is 2.16 bits per heavy atom. The van der Waals surface area contributed by atoms with Crippen LogP contribution in [0.4, 0.5) is 0 Å². The molecule has 4 heterocycles. The Morgan fingerprint density at radius 1 is 0.878 bits per heavy atom. The number of nitrogens with zero attached hydrogens (tertiary/aromatic N) is 4. The van der Waals surface area contributed by atoms with Gasteiger partial charge in [-0.1, -0.05) is 76.4 Å². The zero-order valence-corrected chi connectivity index (χ0v) is 46.1. The predicted molar refractivity (Wildman–Crippen MR) is 272 cm³/mol. The van der Waals surface area contributed by atoms with Crippen LogP contribution in [0.15, 0.2) is 30.5 Å². The van der Waals surface area contributed by atoms with E-state index in [0.717, 1.165) is 55.5 Å². The highest BCUT2D eigenvalue weighted by Gasteiger charge is 2.54. The molecule has 74 heavy (non-hydrogen) atoms. The number of rotatable bonds is 19. The molecule has 1 aromatic carbocycles. The number of benzene rings is 1. The highest BCUT2D eigenvalue weighted by molar-refractivity contribution is 5.83. The van der Waals surface area contributed by atoms with Crippen LogP contribution in [-0.2, 0) is 60.6 Å². The number of aromatic nitrogens is 3. The van der Waals surface area contributed by atoms with E-state index in [1.807, 2.05) is 56.0 Å². The first-order valence-electron chi connectivity index (χ1n) is 26.7. The number of methoxy groups -OCH3 is 2. The maximum Gasteiger partial charge on any atom is 0.311 e.